The van der Waals surface area contributed by atoms with E-state index in [1.165, 1.54) is 28.2 Å². The zero-order chi connectivity index (χ0) is 14.6. The average Bonchev–Trinajstić information content (AvgIpc) is 2.37. The molecular weight excluding hydrogens is 250 g/mol. The Hall–Kier alpha value is -2.24. The number of nitrogens with zero attached hydrogens (tertiary/aromatic N) is 1. The molecule has 0 saturated carbocycles. The molecule has 1 aromatic rings. The van der Waals surface area contributed by atoms with Crippen molar-refractivity contribution in [3.8, 4) is 11.5 Å². The molecule has 0 aromatic heterocycles. The topological polar surface area (TPSA) is 76.1 Å². The number of carboxylic acid groups (broad SMARTS) is 1. The van der Waals surface area contributed by atoms with Gasteiger partial charge in [0.25, 0.3) is 0 Å². The Morgan fingerprint density at radius 3 is 1.95 bits per heavy atom. The molecule has 0 aliphatic rings. The van der Waals surface area contributed by atoms with Gasteiger partial charge in [-0.15, -0.1) is 0 Å². The van der Waals surface area contributed by atoms with Gasteiger partial charge in [-0.1, -0.05) is 0 Å². The number of methoxy groups -OCH3 is 2. The maximum Gasteiger partial charge on any atom is 0.331 e. The number of likely N-dealkylation sites (N-methyl/N-ethyl adjacent to an activating group) is 1. The van der Waals surface area contributed by atoms with E-state index in [4.69, 9.17) is 9.47 Å². The second-order valence-corrected chi connectivity index (χ2v) is 4.02. The van der Waals surface area contributed by atoms with Crippen molar-refractivity contribution in [2.45, 2.75) is 13.0 Å². The summed E-state index contributed by atoms with van der Waals surface area (Å²) >= 11 is 0. The summed E-state index contributed by atoms with van der Waals surface area (Å²) in [6.07, 6.45) is 0. The van der Waals surface area contributed by atoms with E-state index in [-0.39, 0.29) is 5.91 Å². The maximum atomic E-state index is 11.4. The van der Waals surface area contributed by atoms with Gasteiger partial charge in [-0.25, -0.2) is 4.79 Å². The zero-order valence-electron chi connectivity index (χ0n) is 11.3. The molecule has 19 heavy (non-hydrogen) atoms. The van der Waals surface area contributed by atoms with Gasteiger partial charge in [0, 0.05) is 20.0 Å². The molecule has 1 atom stereocenters. The van der Waals surface area contributed by atoms with Crippen LogP contribution < -0.4 is 9.47 Å². The van der Waals surface area contributed by atoms with Gasteiger partial charge in [0.05, 0.1) is 14.2 Å². The van der Waals surface area contributed by atoms with Gasteiger partial charge >= 0.3 is 5.97 Å². The number of aliphatic carboxylic acids is 1. The van der Waals surface area contributed by atoms with Crippen molar-refractivity contribution in [2.24, 2.45) is 0 Å². The summed E-state index contributed by atoms with van der Waals surface area (Å²) in [4.78, 5) is 23.9. The summed E-state index contributed by atoms with van der Waals surface area (Å²) in [7, 11) is 4.39. The number of ether oxygens (including phenoxy) is 2. The maximum absolute atomic E-state index is 11.4. The molecule has 0 heterocycles. The quantitative estimate of drug-likeness (QED) is 0.870. The molecule has 0 aliphatic heterocycles. The van der Waals surface area contributed by atoms with Crippen molar-refractivity contribution in [3.63, 3.8) is 0 Å². The van der Waals surface area contributed by atoms with Crippen LogP contribution in [0.1, 0.15) is 18.5 Å². The Bertz CT molecular complexity index is 464. The summed E-state index contributed by atoms with van der Waals surface area (Å²) in [5.41, 5.74) is 0.418. The fourth-order valence-electron chi connectivity index (χ4n) is 1.70. The fourth-order valence-corrected chi connectivity index (χ4v) is 1.70. The Morgan fingerprint density at radius 1 is 1.16 bits per heavy atom. The van der Waals surface area contributed by atoms with Gasteiger partial charge in [0.2, 0.25) is 5.91 Å². The number of hydrogen-bond acceptors (Lipinski definition) is 4. The molecular formula is C13H17NO5. The van der Waals surface area contributed by atoms with Crippen molar-refractivity contribution < 1.29 is 24.2 Å². The minimum Gasteiger partial charge on any atom is -0.497 e. The number of carboxylic acids is 1. The molecule has 0 saturated heterocycles. The monoisotopic (exact) mass is 267 g/mol. The number of carbonyl (C=O) groups excluding carboxylic acids is 1. The summed E-state index contributed by atoms with van der Waals surface area (Å²) in [6, 6.07) is 3.69. The molecule has 0 bridgehead atoms. The third-order valence-corrected chi connectivity index (χ3v) is 2.81. The van der Waals surface area contributed by atoms with Crippen LogP contribution in [0.15, 0.2) is 18.2 Å². The Kier molecular flexibility index (Phi) is 4.74. The van der Waals surface area contributed by atoms with Gasteiger partial charge in [-0.2, -0.15) is 0 Å². The van der Waals surface area contributed by atoms with Crippen molar-refractivity contribution in [3.05, 3.63) is 23.8 Å². The van der Waals surface area contributed by atoms with Crippen LogP contribution in [-0.4, -0.2) is 43.2 Å². The highest BCUT2D eigenvalue weighted by atomic mass is 16.5. The summed E-state index contributed by atoms with van der Waals surface area (Å²) < 4.78 is 10.2. The van der Waals surface area contributed by atoms with Gasteiger partial charge in [0.1, 0.15) is 11.5 Å². The van der Waals surface area contributed by atoms with Crippen molar-refractivity contribution in [1.29, 1.82) is 0 Å². The molecule has 0 spiro atoms. The standard InChI is InChI=1S/C13H17NO5/c1-8(15)14(2)12(13(16)17)9-5-10(18-3)7-11(6-9)19-4/h5-7,12H,1-4H3,(H,16,17). The van der Waals surface area contributed by atoms with Gasteiger partial charge < -0.3 is 19.5 Å². The minimum absolute atomic E-state index is 0.339. The normalized spacial score (nSPS) is 11.6. The smallest absolute Gasteiger partial charge is 0.331 e. The van der Waals surface area contributed by atoms with Crippen LogP contribution in [0, 0.1) is 0 Å². The van der Waals surface area contributed by atoms with Gasteiger partial charge in [-0.3, -0.25) is 4.79 Å². The van der Waals surface area contributed by atoms with Gasteiger partial charge in [0.15, 0.2) is 6.04 Å². The van der Waals surface area contributed by atoms with Crippen LogP contribution in [0.2, 0.25) is 0 Å². The minimum atomic E-state index is -1.12. The van der Waals surface area contributed by atoms with E-state index >= 15 is 0 Å². The second-order valence-electron chi connectivity index (χ2n) is 4.02. The third kappa shape index (κ3) is 3.37. The van der Waals surface area contributed by atoms with E-state index in [1.807, 2.05) is 0 Å². The van der Waals surface area contributed by atoms with Crippen molar-refractivity contribution in [2.75, 3.05) is 21.3 Å². The first-order valence-electron chi connectivity index (χ1n) is 5.60. The molecule has 1 amide bonds. The lowest BCUT2D eigenvalue weighted by atomic mass is 10.0. The van der Waals surface area contributed by atoms with Crippen LogP contribution in [0.4, 0.5) is 0 Å². The first-order chi connectivity index (χ1) is 8.90. The number of benzene rings is 1. The second kappa shape index (κ2) is 6.08. The van der Waals surface area contributed by atoms with Crippen molar-refractivity contribution >= 4 is 11.9 Å². The molecule has 6 nitrogen and oxygen atoms in total. The highest BCUT2D eigenvalue weighted by Gasteiger charge is 2.27. The summed E-state index contributed by atoms with van der Waals surface area (Å²) in [5, 5.41) is 9.30. The largest absolute Gasteiger partial charge is 0.497 e. The highest BCUT2D eigenvalue weighted by Crippen LogP contribution is 2.29. The predicted octanol–water partition coefficient (Wildman–Crippen LogP) is 1.31. The molecule has 1 rings (SSSR count). The van der Waals surface area contributed by atoms with E-state index in [0.717, 1.165) is 4.90 Å². The summed E-state index contributed by atoms with van der Waals surface area (Å²) in [5.74, 6) is -0.516. The number of amides is 1. The van der Waals surface area contributed by atoms with E-state index < -0.39 is 12.0 Å². The molecule has 1 unspecified atom stereocenters. The van der Waals surface area contributed by atoms with E-state index in [9.17, 15) is 14.7 Å². The fraction of sp³-hybridized carbons (Fsp3) is 0.385. The number of hydrogen-bond donors (Lipinski definition) is 1. The lowest BCUT2D eigenvalue weighted by Gasteiger charge is -2.24. The first-order valence-corrected chi connectivity index (χ1v) is 5.60. The lowest BCUT2D eigenvalue weighted by molar-refractivity contribution is -0.148. The number of rotatable bonds is 5. The highest BCUT2D eigenvalue weighted by molar-refractivity contribution is 5.83. The Labute approximate surface area is 111 Å². The Morgan fingerprint density at radius 2 is 1.63 bits per heavy atom. The van der Waals surface area contributed by atoms with Crippen LogP contribution in [0.5, 0.6) is 11.5 Å². The van der Waals surface area contributed by atoms with Gasteiger partial charge in [-0.05, 0) is 17.7 Å². The molecule has 1 N–H and O–H groups in total. The summed E-state index contributed by atoms with van der Waals surface area (Å²) in [6.45, 7) is 1.31. The molecule has 1 aromatic carbocycles. The van der Waals surface area contributed by atoms with Crippen LogP contribution >= 0.6 is 0 Å². The van der Waals surface area contributed by atoms with Crippen LogP contribution in [0.25, 0.3) is 0 Å². The molecule has 0 aliphatic carbocycles. The molecule has 0 fully saturated rings. The predicted molar refractivity (Wildman–Crippen MR) is 68.4 cm³/mol. The first kappa shape index (κ1) is 14.8. The third-order valence-electron chi connectivity index (χ3n) is 2.81. The van der Waals surface area contributed by atoms with Crippen molar-refractivity contribution in [1.82, 2.24) is 4.90 Å². The SMILES string of the molecule is COc1cc(OC)cc(C(C(=O)O)N(C)C(C)=O)c1. The zero-order valence-corrected chi connectivity index (χ0v) is 11.3. The van der Waals surface area contributed by atoms with E-state index in [2.05, 4.69) is 0 Å². The molecule has 6 heteroatoms. The molecule has 104 valence electrons. The average molecular weight is 267 g/mol. The Balaban J connectivity index is 3.29. The van der Waals surface area contributed by atoms with Crippen LogP contribution in [0.3, 0.4) is 0 Å². The van der Waals surface area contributed by atoms with E-state index in [0.29, 0.717) is 17.1 Å². The lowest BCUT2D eigenvalue weighted by Crippen LogP contribution is -2.34. The van der Waals surface area contributed by atoms with E-state index in [1.54, 1.807) is 18.2 Å². The molecule has 0 radical (unpaired) electrons. The number of carbonyl (C=O) groups is 2. The van der Waals surface area contributed by atoms with Crippen LogP contribution in [-0.2, 0) is 9.59 Å².